The number of aromatic nitrogens is 1. The van der Waals surface area contributed by atoms with Gasteiger partial charge in [-0.2, -0.15) is 0 Å². The fourth-order valence-electron chi connectivity index (χ4n) is 3.99. The predicted molar refractivity (Wildman–Crippen MR) is 93.3 cm³/mol. The van der Waals surface area contributed by atoms with E-state index in [0.29, 0.717) is 5.92 Å². The summed E-state index contributed by atoms with van der Waals surface area (Å²) < 4.78 is 33.0. The topological polar surface area (TPSA) is 85.4 Å². The van der Waals surface area contributed by atoms with Crippen LogP contribution in [0.5, 0.6) is 0 Å². The maximum Gasteiger partial charge on any atom is 0.358 e. The molecule has 2 aliphatic rings. The van der Waals surface area contributed by atoms with E-state index >= 15 is 0 Å². The Balaban J connectivity index is 1.67. The minimum Gasteiger partial charge on any atom is -0.464 e. The first kappa shape index (κ1) is 16.7. The zero-order chi connectivity index (χ0) is 17.6. The molecular weight excluding hydrogens is 360 g/mol. The number of rotatable bonds is 4. The van der Waals surface area contributed by atoms with Gasteiger partial charge in [-0.1, -0.05) is 18.2 Å². The van der Waals surface area contributed by atoms with Crippen molar-refractivity contribution >= 4 is 27.3 Å². The van der Waals surface area contributed by atoms with E-state index in [9.17, 15) is 13.2 Å². The van der Waals surface area contributed by atoms with Gasteiger partial charge >= 0.3 is 5.97 Å². The van der Waals surface area contributed by atoms with Crippen LogP contribution < -0.4 is 4.72 Å². The van der Waals surface area contributed by atoms with Gasteiger partial charge in [-0.25, -0.2) is 22.9 Å². The van der Waals surface area contributed by atoms with Gasteiger partial charge in [-0.3, -0.25) is 0 Å². The molecule has 0 unspecified atom stereocenters. The van der Waals surface area contributed by atoms with Crippen LogP contribution >= 0.6 is 11.3 Å². The summed E-state index contributed by atoms with van der Waals surface area (Å²) in [7, 11) is -2.64. The van der Waals surface area contributed by atoms with Crippen LogP contribution in [0.15, 0.2) is 27.9 Å². The Morgan fingerprint density at radius 1 is 1.40 bits per heavy atom. The van der Waals surface area contributed by atoms with Crippen LogP contribution in [-0.2, 0) is 21.2 Å². The van der Waals surface area contributed by atoms with Crippen molar-refractivity contribution < 1.29 is 17.9 Å². The van der Waals surface area contributed by atoms with Gasteiger partial charge in [0.1, 0.15) is 0 Å². The Morgan fingerprint density at radius 2 is 2.24 bits per heavy atom. The molecule has 25 heavy (non-hydrogen) atoms. The highest BCUT2D eigenvalue weighted by atomic mass is 32.2. The Hall–Kier alpha value is -1.77. The van der Waals surface area contributed by atoms with Gasteiger partial charge in [0, 0.05) is 6.04 Å². The summed E-state index contributed by atoms with van der Waals surface area (Å²) in [5, 5.41) is 0. The van der Waals surface area contributed by atoms with Gasteiger partial charge in [0.2, 0.25) is 0 Å². The van der Waals surface area contributed by atoms with Gasteiger partial charge in [0.15, 0.2) is 9.90 Å². The number of sulfonamides is 1. The summed E-state index contributed by atoms with van der Waals surface area (Å²) in [6.45, 7) is 0. The molecule has 1 N–H and O–H groups in total. The molecule has 1 aromatic carbocycles. The zero-order valence-electron chi connectivity index (χ0n) is 13.7. The van der Waals surface area contributed by atoms with Crippen molar-refractivity contribution in [2.24, 2.45) is 0 Å². The van der Waals surface area contributed by atoms with Gasteiger partial charge in [0.05, 0.1) is 12.6 Å². The number of aryl methyl sites for hydroxylation is 1. The van der Waals surface area contributed by atoms with Crippen molar-refractivity contribution in [1.82, 2.24) is 9.71 Å². The van der Waals surface area contributed by atoms with E-state index in [4.69, 9.17) is 0 Å². The highest BCUT2D eigenvalue weighted by molar-refractivity contribution is 7.91. The van der Waals surface area contributed by atoms with Crippen molar-refractivity contribution in [2.75, 3.05) is 7.11 Å². The summed E-state index contributed by atoms with van der Waals surface area (Å²) >= 11 is 0.925. The van der Waals surface area contributed by atoms with Crippen LogP contribution in [0.4, 0.5) is 0 Å². The first-order valence-electron chi connectivity index (χ1n) is 8.17. The second kappa shape index (κ2) is 6.19. The molecule has 0 bridgehead atoms. The molecule has 6 nitrogen and oxygen atoms in total. The second-order valence-electron chi connectivity index (χ2n) is 6.40. The van der Waals surface area contributed by atoms with E-state index in [-0.39, 0.29) is 15.9 Å². The lowest BCUT2D eigenvalue weighted by molar-refractivity contribution is 0.0590. The number of hydrogen-bond acceptors (Lipinski definition) is 6. The Kier molecular flexibility index (Phi) is 4.13. The number of nitrogens with one attached hydrogen (secondary N) is 1. The van der Waals surface area contributed by atoms with Crippen molar-refractivity contribution in [1.29, 1.82) is 0 Å². The minimum atomic E-state index is -3.85. The molecule has 0 amide bonds. The number of thiazole rings is 1. The molecule has 2 atom stereocenters. The minimum absolute atomic E-state index is 0.0876. The maximum absolute atomic E-state index is 12.8. The number of ether oxygens (including phenoxy) is 1. The van der Waals surface area contributed by atoms with E-state index in [0.717, 1.165) is 42.6 Å². The number of methoxy groups -OCH3 is 1. The molecule has 132 valence electrons. The summed E-state index contributed by atoms with van der Waals surface area (Å²) in [6.07, 6.45) is 4.05. The molecule has 0 aliphatic heterocycles. The van der Waals surface area contributed by atoms with Gasteiger partial charge < -0.3 is 4.74 Å². The SMILES string of the molecule is COC(=O)c1ncsc1S(=O)(=O)N[C@H]1C[C@H]2CCCc3cccc1c32. The average Bonchev–Trinajstić information content (AvgIpc) is 3.22. The lowest BCUT2D eigenvalue weighted by Crippen LogP contribution is -2.28. The highest BCUT2D eigenvalue weighted by Crippen LogP contribution is 2.47. The first-order valence-corrected chi connectivity index (χ1v) is 10.5. The van der Waals surface area contributed by atoms with Crippen LogP contribution in [-0.4, -0.2) is 26.5 Å². The molecule has 0 saturated carbocycles. The van der Waals surface area contributed by atoms with E-state index in [1.54, 1.807) is 0 Å². The van der Waals surface area contributed by atoms with Crippen molar-refractivity contribution in [3.63, 3.8) is 0 Å². The first-order chi connectivity index (χ1) is 12.0. The van der Waals surface area contributed by atoms with Crippen molar-refractivity contribution in [3.05, 3.63) is 46.1 Å². The molecule has 1 heterocycles. The van der Waals surface area contributed by atoms with Crippen molar-refractivity contribution in [2.45, 2.75) is 41.9 Å². The molecule has 0 saturated heterocycles. The lowest BCUT2D eigenvalue weighted by atomic mass is 9.84. The fraction of sp³-hybridized carbons (Fsp3) is 0.412. The van der Waals surface area contributed by atoms with E-state index < -0.39 is 16.0 Å². The van der Waals surface area contributed by atoms with Crippen LogP contribution in [0, 0.1) is 0 Å². The number of benzene rings is 1. The quantitative estimate of drug-likeness (QED) is 0.827. The third kappa shape index (κ3) is 2.78. The molecule has 8 heteroatoms. The van der Waals surface area contributed by atoms with Crippen LogP contribution in [0.1, 0.15) is 58.4 Å². The van der Waals surface area contributed by atoms with E-state index in [2.05, 4.69) is 20.5 Å². The predicted octanol–water partition coefficient (Wildman–Crippen LogP) is 2.77. The summed E-state index contributed by atoms with van der Waals surface area (Å²) in [4.78, 5) is 15.6. The fourth-order valence-corrected chi connectivity index (χ4v) is 6.37. The monoisotopic (exact) mass is 378 g/mol. The van der Waals surface area contributed by atoms with E-state index in [1.165, 1.54) is 23.7 Å². The third-order valence-corrected chi connectivity index (χ3v) is 7.83. The normalized spacial score (nSPS) is 21.8. The van der Waals surface area contributed by atoms with Crippen LogP contribution in [0.2, 0.25) is 0 Å². The van der Waals surface area contributed by atoms with Gasteiger partial charge in [-0.15, -0.1) is 11.3 Å². The third-order valence-electron chi connectivity index (χ3n) is 4.99. The molecule has 2 aromatic rings. The molecule has 0 radical (unpaired) electrons. The standard InChI is InChI=1S/C17H18N2O4S2/c1-23-16(20)15-17(24-9-18-15)25(21,22)19-13-8-11-6-2-4-10-5-3-7-12(13)14(10)11/h3,5,7,9,11,13,19H,2,4,6,8H2,1H3/t11-,13+/m1/s1. The molecule has 0 fully saturated rings. The smallest absolute Gasteiger partial charge is 0.358 e. The Labute approximate surface area is 150 Å². The maximum atomic E-state index is 12.8. The molecule has 0 spiro atoms. The van der Waals surface area contributed by atoms with Crippen LogP contribution in [0.25, 0.3) is 0 Å². The van der Waals surface area contributed by atoms with Gasteiger partial charge in [-0.05, 0) is 48.3 Å². The summed E-state index contributed by atoms with van der Waals surface area (Å²) in [6, 6.07) is 5.87. The molecule has 2 aliphatic carbocycles. The summed E-state index contributed by atoms with van der Waals surface area (Å²) in [5.41, 5.74) is 4.91. The zero-order valence-corrected chi connectivity index (χ0v) is 15.3. The Bertz CT molecular complexity index is 936. The van der Waals surface area contributed by atoms with Crippen LogP contribution in [0.3, 0.4) is 0 Å². The largest absolute Gasteiger partial charge is 0.464 e. The molecular formula is C17H18N2O4S2. The highest BCUT2D eigenvalue weighted by Gasteiger charge is 2.38. The number of carbonyl (C=O) groups excluding carboxylic acids is 1. The number of hydrogen-bond donors (Lipinski definition) is 1. The number of nitrogens with zero attached hydrogens (tertiary/aromatic N) is 1. The average molecular weight is 378 g/mol. The van der Waals surface area contributed by atoms with Gasteiger partial charge in [0.25, 0.3) is 10.0 Å². The molecule has 1 aromatic heterocycles. The number of carbonyl (C=O) groups is 1. The number of esters is 1. The van der Waals surface area contributed by atoms with Crippen molar-refractivity contribution in [3.8, 4) is 0 Å². The lowest BCUT2D eigenvalue weighted by Gasteiger charge is -2.20. The molecule has 4 rings (SSSR count). The Morgan fingerprint density at radius 3 is 3.04 bits per heavy atom. The van der Waals surface area contributed by atoms with E-state index in [1.807, 2.05) is 12.1 Å². The second-order valence-corrected chi connectivity index (χ2v) is 9.16. The summed E-state index contributed by atoms with van der Waals surface area (Å²) in [5.74, 6) is -0.333.